The second-order valence-corrected chi connectivity index (χ2v) is 5.45. The molecule has 0 bridgehead atoms. The summed E-state index contributed by atoms with van der Waals surface area (Å²) in [6, 6.07) is 9.17. The number of hydrogen-bond acceptors (Lipinski definition) is 3. The molecule has 1 atom stereocenters. The Balaban J connectivity index is 1.62. The first kappa shape index (κ1) is 13.3. The second-order valence-electron chi connectivity index (χ2n) is 5.45. The van der Waals surface area contributed by atoms with Crippen molar-refractivity contribution < 1.29 is 0 Å². The van der Waals surface area contributed by atoms with Gasteiger partial charge in [-0.3, -0.25) is 4.68 Å². The predicted molar refractivity (Wildman–Crippen MR) is 80.5 cm³/mol. The zero-order valence-electron chi connectivity index (χ0n) is 12.0. The van der Waals surface area contributed by atoms with Gasteiger partial charge in [-0.2, -0.15) is 5.10 Å². The molecular formula is C16H22N4. The molecule has 0 amide bonds. The summed E-state index contributed by atoms with van der Waals surface area (Å²) >= 11 is 0. The molecule has 2 N–H and O–H groups in total. The van der Waals surface area contributed by atoms with Gasteiger partial charge in [0.15, 0.2) is 0 Å². The van der Waals surface area contributed by atoms with Gasteiger partial charge in [-0.1, -0.05) is 24.3 Å². The first-order valence-electron chi connectivity index (χ1n) is 7.34. The molecule has 0 saturated heterocycles. The topological polar surface area (TPSA) is 41.9 Å². The van der Waals surface area contributed by atoms with Crippen LogP contribution in [0.15, 0.2) is 36.7 Å². The molecule has 1 unspecified atom stereocenters. The van der Waals surface area contributed by atoms with E-state index in [1.165, 1.54) is 16.7 Å². The molecule has 20 heavy (non-hydrogen) atoms. The molecule has 1 aromatic heterocycles. The highest BCUT2D eigenvalue weighted by Crippen LogP contribution is 2.23. The molecule has 0 radical (unpaired) electrons. The summed E-state index contributed by atoms with van der Waals surface area (Å²) in [6.45, 7) is 5.98. The van der Waals surface area contributed by atoms with Crippen molar-refractivity contribution in [3.63, 3.8) is 0 Å². The summed E-state index contributed by atoms with van der Waals surface area (Å²) in [5.41, 5.74) is 4.07. The number of nitrogens with zero attached hydrogens (tertiary/aromatic N) is 2. The third-order valence-corrected chi connectivity index (χ3v) is 3.85. The Bertz CT molecular complexity index is 561. The first-order chi connectivity index (χ1) is 9.83. The van der Waals surface area contributed by atoms with Crippen molar-refractivity contribution in [2.24, 2.45) is 0 Å². The first-order valence-corrected chi connectivity index (χ1v) is 7.34. The molecule has 1 aromatic carbocycles. The van der Waals surface area contributed by atoms with Gasteiger partial charge < -0.3 is 10.6 Å². The average molecular weight is 270 g/mol. The van der Waals surface area contributed by atoms with E-state index in [1.807, 2.05) is 10.9 Å². The van der Waals surface area contributed by atoms with Crippen molar-refractivity contribution >= 4 is 0 Å². The van der Waals surface area contributed by atoms with Crippen molar-refractivity contribution in [1.82, 2.24) is 20.4 Å². The van der Waals surface area contributed by atoms with Crippen LogP contribution in [-0.4, -0.2) is 22.9 Å². The van der Waals surface area contributed by atoms with Crippen molar-refractivity contribution in [3.05, 3.63) is 53.3 Å². The maximum atomic E-state index is 4.33. The van der Waals surface area contributed by atoms with E-state index in [1.54, 1.807) is 0 Å². The number of fused-ring (bicyclic) bond motifs is 1. The molecule has 0 saturated carbocycles. The fourth-order valence-corrected chi connectivity index (χ4v) is 2.81. The lowest BCUT2D eigenvalue weighted by molar-refractivity contribution is 0.464. The quantitative estimate of drug-likeness (QED) is 0.893. The molecule has 0 spiro atoms. The molecule has 0 fully saturated rings. The van der Waals surface area contributed by atoms with E-state index in [0.717, 1.165) is 32.6 Å². The average Bonchev–Trinajstić information content (AvgIpc) is 2.76. The molecule has 1 aliphatic heterocycles. The molecule has 1 aliphatic rings. The van der Waals surface area contributed by atoms with Crippen LogP contribution >= 0.6 is 0 Å². The number of aromatic nitrogens is 2. The van der Waals surface area contributed by atoms with Crippen molar-refractivity contribution in [2.75, 3.05) is 13.1 Å². The molecule has 3 rings (SSSR count). The molecule has 4 nitrogen and oxygen atoms in total. The number of hydrogen-bond donors (Lipinski definition) is 2. The maximum Gasteiger partial charge on any atom is 0.0534 e. The lowest BCUT2D eigenvalue weighted by Crippen LogP contribution is -2.26. The summed E-state index contributed by atoms with van der Waals surface area (Å²) in [5.74, 6) is 0. The van der Waals surface area contributed by atoms with Crippen LogP contribution in [0.2, 0.25) is 0 Å². The van der Waals surface area contributed by atoms with Crippen molar-refractivity contribution in [3.8, 4) is 0 Å². The van der Waals surface area contributed by atoms with Crippen LogP contribution in [0.25, 0.3) is 0 Å². The van der Waals surface area contributed by atoms with Crippen LogP contribution in [0.1, 0.15) is 29.2 Å². The minimum atomic E-state index is 0.442. The molecule has 4 heteroatoms. The lowest BCUT2D eigenvalue weighted by atomic mass is 9.99. The Morgan fingerprint density at radius 1 is 1.40 bits per heavy atom. The Hall–Kier alpha value is -1.65. The van der Waals surface area contributed by atoms with Gasteiger partial charge in [-0.25, -0.2) is 0 Å². The number of aryl methyl sites for hydroxylation is 1. The monoisotopic (exact) mass is 270 g/mol. The third-order valence-electron chi connectivity index (χ3n) is 3.85. The summed E-state index contributed by atoms with van der Waals surface area (Å²) < 4.78 is 2.00. The standard InChI is InChI=1S/C16H22N4/c1-13-10-19-20(12-13)9-8-18-16-6-7-17-11-14-4-2-3-5-15(14)16/h2-5,10,12,16-18H,6-9,11H2,1H3. The molecule has 0 aliphatic carbocycles. The Morgan fingerprint density at radius 2 is 2.30 bits per heavy atom. The van der Waals surface area contributed by atoms with E-state index in [-0.39, 0.29) is 0 Å². The van der Waals surface area contributed by atoms with Gasteiger partial charge in [0, 0.05) is 25.3 Å². The summed E-state index contributed by atoms with van der Waals surface area (Å²) in [5, 5.41) is 11.5. The highest BCUT2D eigenvalue weighted by molar-refractivity contribution is 5.30. The van der Waals surface area contributed by atoms with E-state index >= 15 is 0 Å². The summed E-state index contributed by atoms with van der Waals surface area (Å²) in [6.07, 6.45) is 5.13. The van der Waals surface area contributed by atoms with E-state index < -0.39 is 0 Å². The SMILES string of the molecule is Cc1cnn(CCNC2CCNCc3ccccc32)c1. The summed E-state index contributed by atoms with van der Waals surface area (Å²) in [7, 11) is 0. The van der Waals surface area contributed by atoms with Crippen LogP contribution in [0.4, 0.5) is 0 Å². The van der Waals surface area contributed by atoms with Gasteiger partial charge in [-0.15, -0.1) is 0 Å². The number of rotatable bonds is 4. The highest BCUT2D eigenvalue weighted by atomic mass is 15.3. The second kappa shape index (κ2) is 6.20. The Labute approximate surface area is 120 Å². The van der Waals surface area contributed by atoms with Gasteiger partial charge in [0.1, 0.15) is 0 Å². The van der Waals surface area contributed by atoms with Gasteiger partial charge >= 0.3 is 0 Å². The molecule has 2 aromatic rings. The van der Waals surface area contributed by atoms with Crippen LogP contribution in [0.5, 0.6) is 0 Å². The number of benzene rings is 1. The van der Waals surface area contributed by atoms with Gasteiger partial charge in [-0.05, 0) is 36.6 Å². The fraction of sp³-hybridized carbons (Fsp3) is 0.438. The smallest absolute Gasteiger partial charge is 0.0534 e. The zero-order chi connectivity index (χ0) is 13.8. The van der Waals surface area contributed by atoms with Crippen molar-refractivity contribution in [2.45, 2.75) is 32.5 Å². The molecule has 106 valence electrons. The van der Waals surface area contributed by atoms with E-state index in [9.17, 15) is 0 Å². The van der Waals surface area contributed by atoms with Crippen LogP contribution in [-0.2, 0) is 13.1 Å². The number of nitrogens with one attached hydrogen (secondary N) is 2. The van der Waals surface area contributed by atoms with E-state index in [0.29, 0.717) is 6.04 Å². The maximum absolute atomic E-state index is 4.33. The lowest BCUT2D eigenvalue weighted by Gasteiger charge is -2.19. The largest absolute Gasteiger partial charge is 0.313 e. The van der Waals surface area contributed by atoms with Crippen LogP contribution in [0, 0.1) is 6.92 Å². The van der Waals surface area contributed by atoms with Crippen LogP contribution in [0.3, 0.4) is 0 Å². The summed E-state index contributed by atoms with van der Waals surface area (Å²) in [4.78, 5) is 0. The van der Waals surface area contributed by atoms with E-state index in [4.69, 9.17) is 0 Å². The van der Waals surface area contributed by atoms with E-state index in [2.05, 4.69) is 53.1 Å². The Kier molecular flexibility index (Phi) is 4.14. The normalized spacial score (nSPS) is 18.6. The molecule has 2 heterocycles. The third kappa shape index (κ3) is 3.08. The van der Waals surface area contributed by atoms with Crippen LogP contribution < -0.4 is 10.6 Å². The van der Waals surface area contributed by atoms with Gasteiger partial charge in [0.05, 0.1) is 12.7 Å². The predicted octanol–water partition coefficient (Wildman–Crippen LogP) is 2.02. The van der Waals surface area contributed by atoms with Gasteiger partial charge in [0.25, 0.3) is 0 Å². The van der Waals surface area contributed by atoms with Crippen molar-refractivity contribution in [1.29, 1.82) is 0 Å². The Morgan fingerprint density at radius 3 is 3.15 bits per heavy atom. The highest BCUT2D eigenvalue weighted by Gasteiger charge is 2.16. The molecular weight excluding hydrogens is 248 g/mol. The zero-order valence-corrected chi connectivity index (χ0v) is 12.0. The fourth-order valence-electron chi connectivity index (χ4n) is 2.81. The minimum Gasteiger partial charge on any atom is -0.313 e. The minimum absolute atomic E-state index is 0.442. The van der Waals surface area contributed by atoms with Gasteiger partial charge in [0.2, 0.25) is 0 Å².